The Balaban J connectivity index is 1.36. The molecule has 168 valence electrons. The Bertz CT molecular complexity index is 847. The van der Waals surface area contributed by atoms with Gasteiger partial charge in [0.05, 0.1) is 6.61 Å². The predicted octanol–water partition coefficient (Wildman–Crippen LogP) is 4.28. The van der Waals surface area contributed by atoms with E-state index in [-0.39, 0.29) is 5.91 Å². The number of nitrogens with one attached hydrogen (secondary N) is 1. The molecule has 1 N–H and O–H groups in total. The largest absolute Gasteiger partial charge is 0.478 e. The third-order valence-corrected chi connectivity index (χ3v) is 5.71. The first-order chi connectivity index (χ1) is 15.1. The lowest BCUT2D eigenvalue weighted by atomic mass is 10.1. The topological polar surface area (TPSA) is 57.7 Å². The van der Waals surface area contributed by atoms with E-state index in [1.807, 2.05) is 19.1 Å². The molecule has 1 amide bonds. The number of aryl methyl sites for hydroxylation is 2. The maximum absolute atomic E-state index is 11.3. The first-order valence-corrected chi connectivity index (χ1v) is 11.5. The van der Waals surface area contributed by atoms with E-state index in [9.17, 15) is 4.79 Å². The van der Waals surface area contributed by atoms with Gasteiger partial charge in [-0.25, -0.2) is 0 Å². The molecule has 0 saturated carbocycles. The van der Waals surface area contributed by atoms with Gasteiger partial charge in [-0.2, -0.15) is 4.98 Å². The van der Waals surface area contributed by atoms with Crippen LogP contribution in [0.2, 0.25) is 0 Å². The first-order valence-electron chi connectivity index (χ1n) is 11.5. The summed E-state index contributed by atoms with van der Waals surface area (Å²) in [6, 6.07) is 12.6. The molecule has 2 heterocycles. The Morgan fingerprint density at radius 1 is 1.10 bits per heavy atom. The van der Waals surface area contributed by atoms with Crippen molar-refractivity contribution in [2.24, 2.45) is 0 Å². The summed E-state index contributed by atoms with van der Waals surface area (Å²) in [5.41, 5.74) is 3.82. The van der Waals surface area contributed by atoms with Crippen LogP contribution < -0.4 is 15.0 Å². The van der Waals surface area contributed by atoms with Gasteiger partial charge >= 0.3 is 0 Å². The van der Waals surface area contributed by atoms with Crippen LogP contribution in [0.5, 0.6) is 5.88 Å². The molecular formula is C25H36N4O2. The van der Waals surface area contributed by atoms with E-state index >= 15 is 0 Å². The number of nitrogens with zero attached hydrogens (tertiary/aromatic N) is 3. The second-order valence-corrected chi connectivity index (χ2v) is 8.26. The summed E-state index contributed by atoms with van der Waals surface area (Å²) < 4.78 is 5.79. The Morgan fingerprint density at radius 2 is 1.87 bits per heavy atom. The van der Waals surface area contributed by atoms with Crippen LogP contribution >= 0.6 is 0 Å². The van der Waals surface area contributed by atoms with Crippen molar-refractivity contribution in [3.05, 3.63) is 47.5 Å². The molecule has 0 spiro atoms. The first kappa shape index (κ1) is 23.1. The average Bonchev–Trinajstić information content (AvgIpc) is 2.76. The molecule has 1 saturated heterocycles. The number of unbranched alkanes of at least 4 members (excludes halogenated alkanes) is 1. The third-order valence-electron chi connectivity index (χ3n) is 5.71. The number of aromatic nitrogens is 1. The van der Waals surface area contributed by atoms with Crippen molar-refractivity contribution >= 4 is 17.4 Å². The number of anilines is 2. The molecule has 0 bridgehead atoms. The van der Waals surface area contributed by atoms with Crippen LogP contribution in [0.15, 0.2) is 36.4 Å². The van der Waals surface area contributed by atoms with Crippen molar-refractivity contribution < 1.29 is 9.53 Å². The number of rotatable bonds is 10. The van der Waals surface area contributed by atoms with Crippen LogP contribution in [0.1, 0.15) is 44.2 Å². The monoisotopic (exact) mass is 424 g/mol. The fraction of sp³-hybridized carbons (Fsp3) is 0.520. The van der Waals surface area contributed by atoms with Gasteiger partial charge in [0.2, 0.25) is 11.8 Å². The van der Waals surface area contributed by atoms with E-state index in [4.69, 9.17) is 4.74 Å². The highest BCUT2D eigenvalue weighted by Crippen LogP contribution is 2.23. The molecule has 1 fully saturated rings. The molecule has 6 nitrogen and oxygen atoms in total. The molecule has 1 aromatic heterocycles. The Labute approximate surface area is 186 Å². The van der Waals surface area contributed by atoms with Gasteiger partial charge in [0, 0.05) is 44.9 Å². The summed E-state index contributed by atoms with van der Waals surface area (Å²) in [7, 11) is 0. The average molecular weight is 425 g/mol. The highest BCUT2D eigenvalue weighted by molar-refractivity contribution is 5.88. The second-order valence-electron chi connectivity index (χ2n) is 8.26. The van der Waals surface area contributed by atoms with Crippen LogP contribution in [0.3, 0.4) is 0 Å². The number of piperazine rings is 1. The lowest BCUT2D eigenvalue weighted by molar-refractivity contribution is -0.114. The minimum atomic E-state index is -0.123. The minimum Gasteiger partial charge on any atom is -0.478 e. The highest BCUT2D eigenvalue weighted by atomic mass is 16.5. The zero-order valence-corrected chi connectivity index (χ0v) is 19.2. The zero-order valence-electron chi connectivity index (χ0n) is 19.2. The van der Waals surface area contributed by atoms with Crippen molar-refractivity contribution in [3.8, 4) is 5.88 Å². The van der Waals surface area contributed by atoms with Crippen molar-refractivity contribution in [3.63, 3.8) is 0 Å². The number of hydrogen-bond donors (Lipinski definition) is 1. The molecule has 0 atom stereocenters. The van der Waals surface area contributed by atoms with Crippen LogP contribution in [0, 0.1) is 6.92 Å². The lowest BCUT2D eigenvalue weighted by Gasteiger charge is -2.37. The van der Waals surface area contributed by atoms with Crippen molar-refractivity contribution in [2.75, 3.05) is 49.5 Å². The summed E-state index contributed by atoms with van der Waals surface area (Å²) in [6.45, 7) is 11.8. The maximum atomic E-state index is 11.3. The van der Waals surface area contributed by atoms with Gasteiger partial charge in [-0.15, -0.1) is 0 Å². The third kappa shape index (κ3) is 6.96. The number of hydrogen-bond acceptors (Lipinski definition) is 5. The van der Waals surface area contributed by atoms with Crippen LogP contribution in [0.25, 0.3) is 0 Å². The summed E-state index contributed by atoms with van der Waals surface area (Å²) in [4.78, 5) is 20.8. The molecule has 6 heteroatoms. The normalized spacial score (nSPS) is 14.5. The Kier molecular flexibility index (Phi) is 8.71. The van der Waals surface area contributed by atoms with E-state index in [0.717, 1.165) is 57.5 Å². The van der Waals surface area contributed by atoms with E-state index in [1.54, 1.807) is 0 Å². The summed E-state index contributed by atoms with van der Waals surface area (Å²) in [5.74, 6) is 1.01. The molecule has 3 rings (SSSR count). The van der Waals surface area contributed by atoms with Crippen molar-refractivity contribution in [1.29, 1.82) is 0 Å². The summed E-state index contributed by atoms with van der Waals surface area (Å²) in [6.07, 6.45) is 4.44. The van der Waals surface area contributed by atoms with Crippen molar-refractivity contribution in [2.45, 2.75) is 46.5 Å². The van der Waals surface area contributed by atoms with Crippen molar-refractivity contribution in [1.82, 2.24) is 9.88 Å². The van der Waals surface area contributed by atoms with Crippen LogP contribution in [-0.4, -0.2) is 55.1 Å². The van der Waals surface area contributed by atoms with E-state index in [2.05, 4.69) is 51.3 Å². The van der Waals surface area contributed by atoms with Gasteiger partial charge in [0.15, 0.2) is 0 Å². The van der Waals surface area contributed by atoms with Gasteiger partial charge in [0.25, 0.3) is 0 Å². The number of pyridine rings is 1. The number of amides is 1. The predicted molar refractivity (Wildman–Crippen MR) is 127 cm³/mol. The highest BCUT2D eigenvalue weighted by Gasteiger charge is 2.18. The second kappa shape index (κ2) is 11.7. The molecule has 2 aromatic rings. The fourth-order valence-electron chi connectivity index (χ4n) is 4.01. The molecule has 0 unspecified atom stereocenters. The number of ether oxygens (including phenoxy) is 1. The molecule has 31 heavy (non-hydrogen) atoms. The Morgan fingerprint density at radius 3 is 2.61 bits per heavy atom. The number of carbonyl (C=O) groups excluding carboxylic acids is 1. The van der Waals surface area contributed by atoms with Gasteiger partial charge < -0.3 is 15.0 Å². The van der Waals surface area contributed by atoms with Gasteiger partial charge in [-0.05, 0) is 49.9 Å². The van der Waals surface area contributed by atoms with Crippen LogP contribution in [0.4, 0.5) is 11.5 Å². The smallest absolute Gasteiger partial charge is 0.222 e. The van der Waals surface area contributed by atoms with E-state index < -0.39 is 0 Å². The lowest BCUT2D eigenvalue weighted by Crippen LogP contribution is -2.47. The quantitative estimate of drug-likeness (QED) is 0.577. The molecule has 0 radical (unpaired) electrons. The fourth-order valence-corrected chi connectivity index (χ4v) is 4.01. The van der Waals surface area contributed by atoms with Gasteiger partial charge in [-0.3, -0.25) is 9.69 Å². The SMILES string of the molecule is CCCc1ccccc1N1CCN(CCCCOc2ccc(C)c(NC(C)=O)n2)CC1. The molecule has 0 aliphatic carbocycles. The summed E-state index contributed by atoms with van der Waals surface area (Å²) >= 11 is 0. The number of benzene rings is 1. The maximum Gasteiger partial charge on any atom is 0.222 e. The van der Waals surface area contributed by atoms with Gasteiger partial charge in [0.1, 0.15) is 5.82 Å². The number of para-hydroxylation sites is 1. The summed E-state index contributed by atoms with van der Waals surface area (Å²) in [5, 5.41) is 2.74. The van der Waals surface area contributed by atoms with Crippen LogP contribution in [-0.2, 0) is 11.2 Å². The Hall–Kier alpha value is -2.60. The standard InChI is InChI=1S/C25H36N4O2/c1-4-9-22-10-5-6-11-23(22)29-17-15-28(16-18-29)14-7-8-19-31-24-13-12-20(2)25(27-24)26-21(3)30/h5-6,10-13H,4,7-9,14-19H2,1-3H3,(H,26,27,30). The molecule has 1 aromatic carbocycles. The molecule has 1 aliphatic rings. The molecular weight excluding hydrogens is 388 g/mol. The molecule has 1 aliphatic heterocycles. The van der Waals surface area contributed by atoms with Gasteiger partial charge in [-0.1, -0.05) is 37.6 Å². The van der Waals surface area contributed by atoms with E-state index in [0.29, 0.717) is 18.3 Å². The van der Waals surface area contributed by atoms with E-state index in [1.165, 1.54) is 24.6 Å². The number of carbonyl (C=O) groups is 1. The minimum absolute atomic E-state index is 0.123. The zero-order chi connectivity index (χ0) is 22.1.